The van der Waals surface area contributed by atoms with Crippen LogP contribution < -0.4 is 0 Å². The molecule has 0 unspecified atom stereocenters. The first-order valence-electron chi connectivity index (χ1n) is 2.74. The second-order valence-electron chi connectivity index (χ2n) is 1.95. The zero-order valence-electron chi connectivity index (χ0n) is 5.58. The third-order valence-electron chi connectivity index (χ3n) is 1.02. The number of aliphatic carboxylic acids is 2. The molecule has 2 N–H and O–H groups in total. The van der Waals surface area contributed by atoms with E-state index in [1.54, 1.807) is 0 Å². The van der Waals surface area contributed by atoms with Crippen LogP contribution in [0.1, 0.15) is 6.42 Å². The number of carbonyl (C=O) groups is 2. The minimum Gasteiger partial charge on any atom is -0.481 e. The van der Waals surface area contributed by atoms with Gasteiger partial charge in [-0.25, -0.2) is 0 Å². The fourth-order valence-corrected chi connectivity index (χ4v) is 0.656. The van der Waals surface area contributed by atoms with Gasteiger partial charge < -0.3 is 10.2 Å². The summed E-state index contributed by atoms with van der Waals surface area (Å²) >= 11 is 5.24. The van der Waals surface area contributed by atoms with Crippen molar-refractivity contribution in [3.05, 3.63) is 11.6 Å². The molecular formula is C6H7ClO4. The van der Waals surface area contributed by atoms with Crippen molar-refractivity contribution >= 4 is 23.5 Å². The molecule has 11 heavy (non-hydrogen) atoms. The molecule has 0 aromatic rings. The minimum absolute atomic E-state index is 0.0276. The average molecular weight is 179 g/mol. The molecule has 0 saturated carbocycles. The summed E-state index contributed by atoms with van der Waals surface area (Å²) in [5.74, 6) is -4.29. The third-order valence-corrected chi connectivity index (χ3v) is 1.18. The van der Waals surface area contributed by atoms with Gasteiger partial charge in [-0.05, 0) is 0 Å². The van der Waals surface area contributed by atoms with Crippen molar-refractivity contribution in [3.8, 4) is 0 Å². The predicted molar refractivity (Wildman–Crippen MR) is 38.4 cm³/mol. The first kappa shape index (κ1) is 9.97. The molecule has 0 aliphatic heterocycles. The van der Waals surface area contributed by atoms with E-state index in [1.807, 2.05) is 0 Å². The highest BCUT2D eigenvalue weighted by Gasteiger charge is 2.25. The Labute approximate surface area is 68.1 Å². The summed E-state index contributed by atoms with van der Waals surface area (Å²) in [5.41, 5.74) is 0. The van der Waals surface area contributed by atoms with Crippen LogP contribution >= 0.6 is 11.6 Å². The molecule has 0 aliphatic carbocycles. The molecular weight excluding hydrogens is 172 g/mol. The number of halogens is 1. The molecule has 0 heterocycles. The highest BCUT2D eigenvalue weighted by molar-refractivity contribution is 6.29. The number of carboxylic acid groups (broad SMARTS) is 2. The summed E-state index contributed by atoms with van der Waals surface area (Å²) in [4.78, 5) is 20.4. The van der Waals surface area contributed by atoms with E-state index >= 15 is 0 Å². The van der Waals surface area contributed by atoms with Crippen LogP contribution in [0.15, 0.2) is 11.6 Å². The van der Waals surface area contributed by atoms with Crippen LogP contribution in [0.4, 0.5) is 0 Å². The fraction of sp³-hybridized carbons (Fsp3) is 0.333. The van der Waals surface area contributed by atoms with Gasteiger partial charge >= 0.3 is 11.9 Å². The normalized spacial score (nSPS) is 9.64. The topological polar surface area (TPSA) is 74.6 Å². The van der Waals surface area contributed by atoms with Crippen LogP contribution in [0.3, 0.4) is 0 Å². The summed E-state index contributed by atoms with van der Waals surface area (Å²) in [5, 5.41) is 16.7. The molecule has 0 atom stereocenters. The van der Waals surface area contributed by atoms with Crippen LogP contribution in [0.5, 0.6) is 0 Å². The molecule has 0 spiro atoms. The van der Waals surface area contributed by atoms with Gasteiger partial charge in [0, 0.05) is 11.5 Å². The Bertz CT molecular complexity index is 185. The van der Waals surface area contributed by atoms with Gasteiger partial charge in [0.05, 0.1) is 0 Å². The van der Waals surface area contributed by atoms with Crippen molar-refractivity contribution in [2.45, 2.75) is 6.42 Å². The minimum atomic E-state index is -1.49. The smallest absolute Gasteiger partial charge is 0.318 e. The number of rotatable bonds is 4. The van der Waals surface area contributed by atoms with Crippen LogP contribution in [0.2, 0.25) is 0 Å². The quantitative estimate of drug-likeness (QED) is 0.628. The Hall–Kier alpha value is -1.03. The maximum atomic E-state index is 10.2. The van der Waals surface area contributed by atoms with Gasteiger partial charge in [0.2, 0.25) is 0 Å². The van der Waals surface area contributed by atoms with Gasteiger partial charge in [-0.3, -0.25) is 9.59 Å². The third kappa shape index (κ3) is 3.62. The lowest BCUT2D eigenvalue weighted by molar-refractivity contribution is -0.154. The number of carboxylic acids is 2. The second-order valence-corrected chi connectivity index (χ2v) is 2.48. The zero-order chi connectivity index (χ0) is 9.02. The monoisotopic (exact) mass is 178 g/mol. The molecule has 0 radical (unpaired) electrons. The van der Waals surface area contributed by atoms with E-state index in [0.29, 0.717) is 0 Å². The van der Waals surface area contributed by atoms with Gasteiger partial charge in [-0.15, -0.1) is 0 Å². The van der Waals surface area contributed by atoms with E-state index in [9.17, 15) is 9.59 Å². The molecule has 0 aromatic carbocycles. The highest BCUT2D eigenvalue weighted by Crippen LogP contribution is 2.13. The maximum absolute atomic E-state index is 10.2. The van der Waals surface area contributed by atoms with E-state index in [0.717, 1.165) is 0 Å². The molecule has 0 saturated heterocycles. The first-order chi connectivity index (χ1) is 4.95. The van der Waals surface area contributed by atoms with Crippen LogP contribution in [-0.4, -0.2) is 22.2 Å². The van der Waals surface area contributed by atoms with Crippen molar-refractivity contribution in [1.82, 2.24) is 0 Å². The van der Waals surface area contributed by atoms with Crippen LogP contribution in [0.25, 0.3) is 0 Å². The molecule has 0 rings (SSSR count). The lowest BCUT2D eigenvalue weighted by atomic mass is 10.1. The van der Waals surface area contributed by atoms with Crippen LogP contribution in [0, 0.1) is 5.92 Å². The standard InChI is InChI=1S/C6H7ClO4/c1-3(7)2-4(5(8)9)6(10)11/h4H,1-2H2,(H,8,9)(H,10,11). The number of hydrogen-bond donors (Lipinski definition) is 2. The Morgan fingerprint density at radius 1 is 1.36 bits per heavy atom. The van der Waals surface area contributed by atoms with Crippen molar-refractivity contribution < 1.29 is 19.8 Å². The molecule has 5 heteroatoms. The van der Waals surface area contributed by atoms with E-state index in [1.165, 1.54) is 0 Å². The maximum Gasteiger partial charge on any atom is 0.318 e. The number of hydrogen-bond acceptors (Lipinski definition) is 2. The van der Waals surface area contributed by atoms with Gasteiger partial charge in [-0.1, -0.05) is 18.2 Å². The Morgan fingerprint density at radius 2 is 1.73 bits per heavy atom. The summed E-state index contributed by atoms with van der Waals surface area (Å²) in [6.45, 7) is 3.20. The molecule has 62 valence electrons. The van der Waals surface area contributed by atoms with E-state index in [4.69, 9.17) is 21.8 Å². The summed E-state index contributed by atoms with van der Waals surface area (Å²) in [6.07, 6.45) is -0.244. The lowest BCUT2D eigenvalue weighted by Crippen LogP contribution is -2.23. The molecule has 0 bridgehead atoms. The second kappa shape index (κ2) is 3.98. The van der Waals surface area contributed by atoms with Crippen LogP contribution in [-0.2, 0) is 9.59 Å². The average Bonchev–Trinajstić information content (AvgIpc) is 1.81. The molecule has 0 fully saturated rings. The van der Waals surface area contributed by atoms with Gasteiger partial charge in [0.25, 0.3) is 0 Å². The van der Waals surface area contributed by atoms with Crippen molar-refractivity contribution in [2.75, 3.05) is 0 Å². The van der Waals surface area contributed by atoms with Crippen molar-refractivity contribution in [3.63, 3.8) is 0 Å². The molecule has 0 aliphatic rings. The highest BCUT2D eigenvalue weighted by atomic mass is 35.5. The summed E-state index contributed by atoms with van der Waals surface area (Å²) in [7, 11) is 0. The van der Waals surface area contributed by atoms with Gasteiger partial charge in [0.15, 0.2) is 5.92 Å². The predicted octanol–water partition coefficient (Wildman–Crippen LogP) is 0.914. The van der Waals surface area contributed by atoms with Gasteiger partial charge in [-0.2, -0.15) is 0 Å². The molecule has 4 nitrogen and oxygen atoms in total. The van der Waals surface area contributed by atoms with Crippen molar-refractivity contribution in [2.24, 2.45) is 5.92 Å². The Balaban J connectivity index is 4.23. The van der Waals surface area contributed by atoms with Gasteiger partial charge in [0.1, 0.15) is 0 Å². The molecule has 0 amide bonds. The largest absolute Gasteiger partial charge is 0.481 e. The van der Waals surface area contributed by atoms with E-state index < -0.39 is 17.9 Å². The fourth-order valence-electron chi connectivity index (χ4n) is 0.502. The van der Waals surface area contributed by atoms with E-state index in [2.05, 4.69) is 6.58 Å². The van der Waals surface area contributed by atoms with E-state index in [-0.39, 0.29) is 11.5 Å². The Kier molecular flexibility index (Phi) is 3.60. The summed E-state index contributed by atoms with van der Waals surface area (Å²) < 4.78 is 0. The Morgan fingerprint density at radius 3 is 1.82 bits per heavy atom. The first-order valence-corrected chi connectivity index (χ1v) is 3.12. The van der Waals surface area contributed by atoms with Crippen molar-refractivity contribution in [1.29, 1.82) is 0 Å². The zero-order valence-corrected chi connectivity index (χ0v) is 6.34. The number of allylic oxidation sites excluding steroid dienone is 1. The lowest BCUT2D eigenvalue weighted by Gasteiger charge is -2.03. The molecule has 0 aromatic heterocycles. The summed E-state index contributed by atoms with van der Waals surface area (Å²) in [6, 6.07) is 0. The SMILES string of the molecule is C=C(Cl)CC(C(=O)O)C(=O)O.